The molecule has 1 saturated carbocycles. The van der Waals surface area contributed by atoms with Crippen molar-refractivity contribution >= 4 is 17.8 Å². The Balaban J connectivity index is 1.10. The van der Waals surface area contributed by atoms with Crippen molar-refractivity contribution in [2.24, 2.45) is 29.2 Å². The van der Waals surface area contributed by atoms with E-state index in [0.29, 0.717) is 32.2 Å². The molecule has 3 fully saturated rings. The Morgan fingerprint density at radius 3 is 2.25 bits per heavy atom. The molecule has 3 aliphatic rings. The van der Waals surface area contributed by atoms with Gasteiger partial charge in [0.25, 0.3) is 0 Å². The molecule has 1 aromatic carbocycles. The van der Waals surface area contributed by atoms with Gasteiger partial charge in [0.2, 0.25) is 5.91 Å². The Hall–Kier alpha value is -3.28. The number of hydrogen-bond acceptors (Lipinski definition) is 7. The van der Waals surface area contributed by atoms with Gasteiger partial charge < -0.3 is 26.2 Å². The highest BCUT2D eigenvalue weighted by molar-refractivity contribution is 5.89. The molecule has 3 amide bonds. The van der Waals surface area contributed by atoms with Crippen LogP contribution in [0.15, 0.2) is 41.3 Å². The standard InChI is InChI=1S/C29H42N8O3/c1-4-23(30)25-21-17-34(18-22(21)25)11-9-19-5-7-20(8-6-19)37-12-10-24(33-28(37)40)32-27(39)36-15-13-35(14-16-36)26(38)29(2,3)31/h5-8,10,12,21-23,25H,4,9,11,13-18,30-31H2,1-3H3,(H,32,33,39,40)/t21-,22+,23-,25?/m0/s1. The highest BCUT2D eigenvalue weighted by Gasteiger charge is 2.57. The first-order valence-electron chi connectivity index (χ1n) is 14.4. The lowest BCUT2D eigenvalue weighted by Crippen LogP contribution is -2.58. The van der Waals surface area contributed by atoms with Crippen LogP contribution >= 0.6 is 0 Å². The number of hydrogen-bond donors (Lipinski definition) is 3. The smallest absolute Gasteiger partial charge is 0.338 e. The molecule has 2 aromatic rings. The first kappa shape index (κ1) is 28.3. The molecule has 5 N–H and O–H groups in total. The molecule has 4 atom stereocenters. The summed E-state index contributed by atoms with van der Waals surface area (Å²) in [5, 5.41) is 2.70. The van der Waals surface area contributed by atoms with E-state index in [1.807, 2.05) is 12.1 Å². The number of piperidine rings is 1. The van der Waals surface area contributed by atoms with E-state index in [9.17, 15) is 14.4 Å². The van der Waals surface area contributed by atoms with Crippen molar-refractivity contribution in [1.29, 1.82) is 0 Å². The van der Waals surface area contributed by atoms with E-state index >= 15 is 0 Å². The van der Waals surface area contributed by atoms with E-state index in [2.05, 4.69) is 34.3 Å². The second kappa shape index (κ2) is 11.3. The molecule has 2 saturated heterocycles. The number of anilines is 1. The van der Waals surface area contributed by atoms with Gasteiger partial charge in [0.1, 0.15) is 5.82 Å². The lowest BCUT2D eigenvalue weighted by Gasteiger charge is -2.37. The van der Waals surface area contributed by atoms with Crippen LogP contribution in [0.5, 0.6) is 0 Å². The van der Waals surface area contributed by atoms with Crippen molar-refractivity contribution in [3.63, 3.8) is 0 Å². The van der Waals surface area contributed by atoms with Crippen LogP contribution in [0.4, 0.5) is 10.6 Å². The first-order valence-corrected chi connectivity index (χ1v) is 14.4. The zero-order valence-electron chi connectivity index (χ0n) is 23.8. The van der Waals surface area contributed by atoms with Crippen LogP contribution < -0.4 is 22.5 Å². The lowest BCUT2D eigenvalue weighted by atomic mass is 10.1. The summed E-state index contributed by atoms with van der Waals surface area (Å²) in [6.45, 7) is 10.5. The average molecular weight is 551 g/mol. The second-order valence-corrected chi connectivity index (χ2v) is 12.0. The van der Waals surface area contributed by atoms with Gasteiger partial charge in [0.05, 0.1) is 11.2 Å². The van der Waals surface area contributed by atoms with Gasteiger partial charge in [-0.25, -0.2) is 9.59 Å². The molecule has 0 spiro atoms. The Morgan fingerprint density at radius 1 is 1.05 bits per heavy atom. The average Bonchev–Trinajstić information content (AvgIpc) is 3.44. The normalized spacial score (nSPS) is 23.6. The number of benzene rings is 1. The monoisotopic (exact) mass is 550 g/mol. The topological polar surface area (TPSA) is 143 Å². The highest BCUT2D eigenvalue weighted by atomic mass is 16.2. The van der Waals surface area contributed by atoms with Crippen LogP contribution in [0, 0.1) is 17.8 Å². The molecule has 216 valence electrons. The van der Waals surface area contributed by atoms with E-state index in [-0.39, 0.29) is 17.8 Å². The van der Waals surface area contributed by atoms with Crippen molar-refractivity contribution < 1.29 is 9.59 Å². The highest BCUT2D eigenvalue weighted by Crippen LogP contribution is 2.53. The van der Waals surface area contributed by atoms with Crippen molar-refractivity contribution in [3.8, 4) is 5.69 Å². The number of likely N-dealkylation sites (tertiary alicyclic amines) is 1. The number of rotatable bonds is 8. The van der Waals surface area contributed by atoms with Crippen LogP contribution in [0.3, 0.4) is 0 Å². The number of carbonyl (C=O) groups is 2. The molecule has 1 aliphatic carbocycles. The van der Waals surface area contributed by atoms with E-state index in [4.69, 9.17) is 11.5 Å². The molecule has 40 heavy (non-hydrogen) atoms. The number of fused-ring (bicyclic) bond motifs is 1. The van der Waals surface area contributed by atoms with Gasteiger partial charge in [0.15, 0.2) is 0 Å². The number of nitrogens with zero attached hydrogens (tertiary/aromatic N) is 5. The molecular weight excluding hydrogens is 508 g/mol. The number of carbonyl (C=O) groups excluding carboxylic acids is 2. The third kappa shape index (κ3) is 6.06. The molecule has 2 aliphatic heterocycles. The second-order valence-electron chi connectivity index (χ2n) is 12.0. The fourth-order valence-corrected chi connectivity index (χ4v) is 6.24. The zero-order valence-corrected chi connectivity index (χ0v) is 23.8. The summed E-state index contributed by atoms with van der Waals surface area (Å²) in [6, 6.07) is 9.58. The van der Waals surface area contributed by atoms with Gasteiger partial charge in [-0.15, -0.1) is 0 Å². The predicted octanol–water partition coefficient (Wildman–Crippen LogP) is 1.10. The van der Waals surface area contributed by atoms with E-state index < -0.39 is 11.2 Å². The van der Waals surface area contributed by atoms with Crippen LogP contribution in [-0.4, -0.2) is 93.6 Å². The van der Waals surface area contributed by atoms with Gasteiger partial charge in [-0.1, -0.05) is 19.1 Å². The molecule has 1 aromatic heterocycles. The maximum absolute atomic E-state index is 12.7. The van der Waals surface area contributed by atoms with Gasteiger partial charge in [-0.2, -0.15) is 4.98 Å². The quantitative estimate of drug-likeness (QED) is 0.447. The van der Waals surface area contributed by atoms with Gasteiger partial charge >= 0.3 is 11.7 Å². The summed E-state index contributed by atoms with van der Waals surface area (Å²) in [7, 11) is 0. The lowest BCUT2D eigenvalue weighted by molar-refractivity contribution is -0.137. The predicted molar refractivity (Wildman–Crippen MR) is 154 cm³/mol. The fraction of sp³-hybridized carbons (Fsp3) is 0.586. The number of nitrogens with two attached hydrogens (primary N) is 2. The number of urea groups is 1. The minimum atomic E-state index is -0.944. The van der Waals surface area contributed by atoms with E-state index in [1.165, 1.54) is 10.1 Å². The molecule has 0 bridgehead atoms. The fourth-order valence-electron chi connectivity index (χ4n) is 6.24. The third-order valence-corrected chi connectivity index (χ3v) is 8.68. The molecule has 5 rings (SSSR count). The largest absolute Gasteiger partial charge is 0.354 e. The summed E-state index contributed by atoms with van der Waals surface area (Å²) in [4.78, 5) is 47.7. The first-order chi connectivity index (χ1) is 19.0. The number of amides is 3. The van der Waals surface area contributed by atoms with E-state index in [1.54, 1.807) is 35.9 Å². The summed E-state index contributed by atoms with van der Waals surface area (Å²) < 4.78 is 1.46. The SMILES string of the molecule is CC[C@H](N)C1[C@H]2CN(CCc3ccc(-n4ccc(NC(=O)N5CCN(C(=O)C(C)(C)N)CC5)nc4=O)cc3)C[C@@H]12. The summed E-state index contributed by atoms with van der Waals surface area (Å²) in [5.74, 6) is 2.35. The molecule has 0 radical (unpaired) electrons. The molecule has 11 heteroatoms. The number of nitrogens with one attached hydrogen (secondary N) is 1. The maximum Gasteiger partial charge on any atom is 0.354 e. The summed E-state index contributed by atoms with van der Waals surface area (Å²) in [6.07, 6.45) is 3.65. The van der Waals surface area contributed by atoms with Gasteiger partial charge in [0, 0.05) is 58.1 Å². The zero-order chi connectivity index (χ0) is 28.6. The van der Waals surface area contributed by atoms with Crippen molar-refractivity contribution in [2.75, 3.05) is 51.1 Å². The van der Waals surface area contributed by atoms with Crippen LogP contribution in [0.1, 0.15) is 32.8 Å². The maximum atomic E-state index is 12.7. The summed E-state index contributed by atoms with van der Waals surface area (Å²) in [5.41, 5.74) is 12.7. The Morgan fingerprint density at radius 2 is 1.68 bits per heavy atom. The molecule has 3 heterocycles. The Labute approximate surface area is 235 Å². The van der Waals surface area contributed by atoms with Crippen molar-refractivity contribution in [3.05, 3.63) is 52.6 Å². The summed E-state index contributed by atoms with van der Waals surface area (Å²) >= 11 is 0. The Kier molecular flexibility index (Phi) is 7.98. The van der Waals surface area contributed by atoms with Gasteiger partial charge in [-0.05, 0) is 68.2 Å². The van der Waals surface area contributed by atoms with Gasteiger partial charge in [-0.3, -0.25) is 14.7 Å². The van der Waals surface area contributed by atoms with Crippen molar-refractivity contribution in [1.82, 2.24) is 24.3 Å². The molecule has 11 nitrogen and oxygen atoms in total. The number of piperazine rings is 1. The molecule has 1 unspecified atom stereocenters. The van der Waals surface area contributed by atoms with Crippen molar-refractivity contribution in [2.45, 2.75) is 45.2 Å². The minimum Gasteiger partial charge on any atom is -0.338 e. The third-order valence-electron chi connectivity index (χ3n) is 8.68. The minimum absolute atomic E-state index is 0.139. The number of aromatic nitrogens is 2. The van der Waals surface area contributed by atoms with Crippen LogP contribution in [-0.2, 0) is 11.2 Å². The van der Waals surface area contributed by atoms with Crippen LogP contribution in [0.2, 0.25) is 0 Å². The molecular formula is C29H42N8O3. The van der Waals surface area contributed by atoms with Crippen LogP contribution in [0.25, 0.3) is 5.69 Å². The van der Waals surface area contributed by atoms with E-state index in [0.717, 1.165) is 55.9 Å². The Bertz CT molecular complexity index is 1270.